The molecule has 2 aromatic carbocycles. The molecule has 1 aliphatic heterocycles. The van der Waals surface area contributed by atoms with Crippen molar-refractivity contribution in [3.8, 4) is 5.75 Å². The van der Waals surface area contributed by atoms with E-state index < -0.39 is 23.9 Å². The number of aliphatic hydroxyl groups is 1. The lowest BCUT2D eigenvalue weighted by molar-refractivity contribution is -0.137. The van der Waals surface area contributed by atoms with Crippen molar-refractivity contribution in [3.63, 3.8) is 0 Å². The molecule has 0 unspecified atom stereocenters. The number of anilines is 2. The molecule has 1 heterocycles. The first-order valence-corrected chi connectivity index (χ1v) is 9.16. The summed E-state index contributed by atoms with van der Waals surface area (Å²) in [5, 5.41) is 14.9. The van der Waals surface area contributed by atoms with Gasteiger partial charge in [0, 0.05) is 30.9 Å². The fourth-order valence-corrected chi connectivity index (χ4v) is 2.74. The maximum Gasteiger partial charge on any atom is 0.416 e. The second kappa shape index (κ2) is 9.04. The van der Waals surface area contributed by atoms with Crippen molar-refractivity contribution in [3.05, 3.63) is 54.1 Å². The molecule has 160 valence electrons. The minimum atomic E-state index is -4.49. The fourth-order valence-electron chi connectivity index (χ4n) is 2.74. The third kappa shape index (κ3) is 5.63. The molecule has 0 bridgehead atoms. The van der Waals surface area contributed by atoms with E-state index in [1.165, 1.54) is 12.1 Å². The molecule has 0 aliphatic carbocycles. The van der Waals surface area contributed by atoms with Crippen LogP contribution in [0.15, 0.2) is 48.5 Å². The van der Waals surface area contributed by atoms with E-state index in [2.05, 4.69) is 10.6 Å². The number of benzene rings is 2. The van der Waals surface area contributed by atoms with Crippen LogP contribution >= 0.6 is 0 Å². The van der Waals surface area contributed by atoms with Crippen LogP contribution in [-0.2, 0) is 11.0 Å². The van der Waals surface area contributed by atoms with E-state index in [1.807, 2.05) is 0 Å². The van der Waals surface area contributed by atoms with Crippen LogP contribution in [0.2, 0.25) is 0 Å². The predicted molar refractivity (Wildman–Crippen MR) is 103 cm³/mol. The van der Waals surface area contributed by atoms with Gasteiger partial charge in [0.2, 0.25) is 5.91 Å². The SMILES string of the molecule is O=C(NC[C@H](O)COc1cccc(C(F)(F)F)c1)Nc1cccc(N2CCC2=O)c1. The minimum absolute atomic E-state index is 0.0143. The largest absolute Gasteiger partial charge is 0.491 e. The highest BCUT2D eigenvalue weighted by Gasteiger charge is 2.30. The molecule has 0 aromatic heterocycles. The average molecular weight is 423 g/mol. The molecule has 10 heteroatoms. The third-order valence-electron chi connectivity index (χ3n) is 4.37. The van der Waals surface area contributed by atoms with Crippen LogP contribution in [0.25, 0.3) is 0 Å². The van der Waals surface area contributed by atoms with Crippen molar-refractivity contribution in [2.45, 2.75) is 18.7 Å². The third-order valence-corrected chi connectivity index (χ3v) is 4.37. The number of rotatable bonds is 7. The van der Waals surface area contributed by atoms with Crippen LogP contribution in [0.4, 0.5) is 29.3 Å². The Labute approximate surface area is 170 Å². The number of nitrogens with zero attached hydrogens (tertiary/aromatic N) is 1. The number of carbonyl (C=O) groups is 2. The Balaban J connectivity index is 1.44. The van der Waals surface area contributed by atoms with E-state index in [-0.39, 0.29) is 24.8 Å². The number of halogens is 3. The number of ether oxygens (including phenoxy) is 1. The topological polar surface area (TPSA) is 90.9 Å². The first kappa shape index (κ1) is 21.4. The zero-order chi connectivity index (χ0) is 21.7. The van der Waals surface area contributed by atoms with Gasteiger partial charge in [-0.25, -0.2) is 4.79 Å². The fraction of sp³-hybridized carbons (Fsp3) is 0.300. The smallest absolute Gasteiger partial charge is 0.416 e. The van der Waals surface area contributed by atoms with E-state index in [0.717, 1.165) is 12.1 Å². The highest BCUT2D eigenvalue weighted by molar-refractivity contribution is 6.00. The molecule has 1 aliphatic rings. The van der Waals surface area contributed by atoms with Crippen molar-refractivity contribution in [2.24, 2.45) is 0 Å². The van der Waals surface area contributed by atoms with Gasteiger partial charge in [-0.15, -0.1) is 0 Å². The Morgan fingerprint density at radius 1 is 1.20 bits per heavy atom. The number of nitrogens with one attached hydrogen (secondary N) is 2. The summed E-state index contributed by atoms with van der Waals surface area (Å²) in [6, 6.07) is 10.5. The summed E-state index contributed by atoms with van der Waals surface area (Å²) in [4.78, 5) is 25.1. The lowest BCUT2D eigenvalue weighted by atomic mass is 10.1. The van der Waals surface area contributed by atoms with E-state index in [1.54, 1.807) is 29.2 Å². The Morgan fingerprint density at radius 2 is 1.97 bits per heavy atom. The maximum atomic E-state index is 12.7. The molecule has 1 saturated heterocycles. The number of urea groups is 1. The molecular weight excluding hydrogens is 403 g/mol. The zero-order valence-corrected chi connectivity index (χ0v) is 15.8. The van der Waals surface area contributed by atoms with Gasteiger partial charge in [-0.3, -0.25) is 4.79 Å². The summed E-state index contributed by atoms with van der Waals surface area (Å²) in [5.74, 6) is -0.0221. The molecule has 1 atom stereocenters. The van der Waals surface area contributed by atoms with Crippen LogP contribution in [0, 0.1) is 0 Å². The second-order valence-electron chi connectivity index (χ2n) is 6.67. The van der Waals surface area contributed by atoms with Crippen molar-refractivity contribution in [2.75, 3.05) is 29.9 Å². The second-order valence-corrected chi connectivity index (χ2v) is 6.67. The Hall–Kier alpha value is -3.27. The summed E-state index contributed by atoms with van der Waals surface area (Å²) in [6.07, 6.45) is -5.12. The van der Waals surface area contributed by atoms with Gasteiger partial charge in [-0.2, -0.15) is 13.2 Å². The lowest BCUT2D eigenvalue weighted by Gasteiger charge is -2.30. The molecule has 0 radical (unpaired) electrons. The molecule has 1 fully saturated rings. The minimum Gasteiger partial charge on any atom is -0.491 e. The zero-order valence-electron chi connectivity index (χ0n) is 15.8. The predicted octanol–water partition coefficient (Wildman–Crippen LogP) is 3.00. The number of carbonyl (C=O) groups excluding carboxylic acids is 2. The van der Waals surface area contributed by atoms with E-state index in [0.29, 0.717) is 24.3 Å². The molecule has 2 aromatic rings. The first-order chi connectivity index (χ1) is 14.2. The van der Waals surface area contributed by atoms with Gasteiger partial charge in [0.05, 0.1) is 5.56 Å². The van der Waals surface area contributed by atoms with Crippen molar-refractivity contribution in [1.29, 1.82) is 0 Å². The van der Waals surface area contributed by atoms with Crippen molar-refractivity contribution in [1.82, 2.24) is 5.32 Å². The van der Waals surface area contributed by atoms with E-state index >= 15 is 0 Å². The van der Waals surface area contributed by atoms with Crippen molar-refractivity contribution >= 4 is 23.3 Å². The lowest BCUT2D eigenvalue weighted by Crippen LogP contribution is -2.43. The molecule has 3 N–H and O–H groups in total. The molecule has 0 saturated carbocycles. The highest BCUT2D eigenvalue weighted by Crippen LogP contribution is 2.31. The number of hydrogen-bond donors (Lipinski definition) is 3. The van der Waals surface area contributed by atoms with Crippen LogP contribution in [0.1, 0.15) is 12.0 Å². The van der Waals surface area contributed by atoms with Crippen molar-refractivity contribution < 1.29 is 32.6 Å². The van der Waals surface area contributed by atoms with Gasteiger partial charge in [-0.1, -0.05) is 12.1 Å². The Bertz CT molecular complexity index is 920. The molecule has 3 rings (SSSR count). The van der Waals surface area contributed by atoms with Gasteiger partial charge in [0.25, 0.3) is 0 Å². The number of alkyl halides is 3. The summed E-state index contributed by atoms with van der Waals surface area (Å²) >= 11 is 0. The maximum absolute atomic E-state index is 12.7. The summed E-state index contributed by atoms with van der Waals surface area (Å²) < 4.78 is 43.2. The number of amides is 3. The number of β-lactam (4-membered cyclic amide) rings is 1. The van der Waals surface area contributed by atoms with Crippen LogP contribution < -0.4 is 20.3 Å². The summed E-state index contributed by atoms with van der Waals surface area (Å²) in [7, 11) is 0. The van der Waals surface area contributed by atoms with Crippen LogP contribution in [-0.4, -0.2) is 42.8 Å². The molecule has 3 amide bonds. The van der Waals surface area contributed by atoms with E-state index in [4.69, 9.17) is 4.74 Å². The number of aliphatic hydroxyl groups excluding tert-OH is 1. The quantitative estimate of drug-likeness (QED) is 0.597. The highest BCUT2D eigenvalue weighted by atomic mass is 19.4. The molecule has 7 nitrogen and oxygen atoms in total. The van der Waals surface area contributed by atoms with E-state index in [9.17, 15) is 27.9 Å². The van der Waals surface area contributed by atoms with Gasteiger partial charge < -0.3 is 25.4 Å². The average Bonchev–Trinajstić information content (AvgIpc) is 2.69. The van der Waals surface area contributed by atoms with Gasteiger partial charge in [0.1, 0.15) is 18.5 Å². The molecular formula is C20H20F3N3O4. The molecule has 30 heavy (non-hydrogen) atoms. The normalized spacial score (nSPS) is 14.7. The standard InChI is InChI=1S/C20H20F3N3O4/c21-20(22,23)13-3-1-6-17(9-13)30-12-16(27)11-24-19(29)25-14-4-2-5-15(10-14)26-8-7-18(26)28/h1-6,9-10,16,27H,7-8,11-12H2,(H2,24,25,29)/t16-/m0/s1. The first-order valence-electron chi connectivity index (χ1n) is 9.16. The van der Waals surface area contributed by atoms with Crippen LogP contribution in [0.3, 0.4) is 0 Å². The summed E-state index contributed by atoms with van der Waals surface area (Å²) in [5.41, 5.74) is 0.298. The number of hydrogen-bond acceptors (Lipinski definition) is 4. The van der Waals surface area contributed by atoms with Gasteiger partial charge in [0.15, 0.2) is 0 Å². The Kier molecular flexibility index (Phi) is 6.46. The Morgan fingerprint density at radius 3 is 2.63 bits per heavy atom. The monoisotopic (exact) mass is 423 g/mol. The van der Waals surface area contributed by atoms with Gasteiger partial charge >= 0.3 is 12.2 Å². The van der Waals surface area contributed by atoms with Crippen LogP contribution in [0.5, 0.6) is 5.75 Å². The van der Waals surface area contributed by atoms with Gasteiger partial charge in [-0.05, 0) is 36.4 Å². The summed E-state index contributed by atoms with van der Waals surface area (Å²) in [6.45, 7) is 0.162. The molecule has 0 spiro atoms.